The van der Waals surface area contributed by atoms with Crippen molar-refractivity contribution in [2.24, 2.45) is 0 Å². The third kappa shape index (κ3) is 4.51. The Morgan fingerprint density at radius 2 is 1.25 bits per heavy atom. The Hall–Kier alpha value is -3.23. The lowest BCUT2D eigenvalue weighted by molar-refractivity contribution is 0.377. The fourth-order valence-corrected chi connectivity index (χ4v) is 5.14. The Kier molecular flexibility index (Phi) is 6.53. The van der Waals surface area contributed by atoms with Gasteiger partial charge in [0.25, 0.3) is 0 Å². The van der Waals surface area contributed by atoms with Crippen LogP contribution in [0.1, 0.15) is 0 Å². The molecular formula is C24H26N2O5S. The first-order chi connectivity index (χ1) is 15.5. The maximum absolute atomic E-state index is 13.1. The first kappa shape index (κ1) is 22.0. The van der Waals surface area contributed by atoms with Gasteiger partial charge in [0, 0.05) is 26.2 Å². The number of hydrogen-bond acceptors (Lipinski definition) is 6. The molecule has 0 unspecified atom stereocenters. The molecule has 0 radical (unpaired) electrons. The van der Waals surface area contributed by atoms with Crippen molar-refractivity contribution in [1.29, 1.82) is 0 Å². The number of para-hydroxylation sites is 4. The number of methoxy groups -OCH3 is 2. The molecule has 1 fully saturated rings. The van der Waals surface area contributed by atoms with Gasteiger partial charge in [-0.25, -0.2) is 8.42 Å². The molecular weight excluding hydrogens is 428 g/mol. The number of rotatable bonds is 7. The Labute approximate surface area is 188 Å². The third-order valence-corrected chi connectivity index (χ3v) is 7.34. The highest BCUT2D eigenvalue weighted by atomic mass is 32.2. The molecule has 32 heavy (non-hydrogen) atoms. The van der Waals surface area contributed by atoms with E-state index in [0.29, 0.717) is 43.4 Å². The molecule has 7 nitrogen and oxygen atoms in total. The number of benzene rings is 3. The fraction of sp³-hybridized carbons (Fsp3) is 0.250. The number of anilines is 1. The van der Waals surface area contributed by atoms with Crippen LogP contribution in [0.2, 0.25) is 0 Å². The predicted octanol–water partition coefficient (Wildman–Crippen LogP) is 4.01. The Balaban J connectivity index is 1.44. The molecule has 1 heterocycles. The summed E-state index contributed by atoms with van der Waals surface area (Å²) in [6.45, 7) is 1.99. The third-order valence-electron chi connectivity index (χ3n) is 5.42. The summed E-state index contributed by atoms with van der Waals surface area (Å²) in [5.41, 5.74) is 0.977. The van der Waals surface area contributed by atoms with Crippen LogP contribution in [-0.4, -0.2) is 53.1 Å². The van der Waals surface area contributed by atoms with Crippen LogP contribution in [-0.2, 0) is 10.0 Å². The van der Waals surface area contributed by atoms with Gasteiger partial charge in [-0.05, 0) is 48.5 Å². The van der Waals surface area contributed by atoms with Crippen molar-refractivity contribution < 1.29 is 22.6 Å². The average molecular weight is 455 g/mol. The van der Waals surface area contributed by atoms with Crippen LogP contribution >= 0.6 is 0 Å². The van der Waals surface area contributed by atoms with E-state index < -0.39 is 10.0 Å². The minimum atomic E-state index is -3.59. The summed E-state index contributed by atoms with van der Waals surface area (Å²) >= 11 is 0. The zero-order chi connectivity index (χ0) is 22.6. The topological polar surface area (TPSA) is 68.3 Å². The second-order valence-electron chi connectivity index (χ2n) is 7.29. The fourth-order valence-electron chi connectivity index (χ4n) is 3.72. The van der Waals surface area contributed by atoms with E-state index in [9.17, 15) is 8.42 Å². The van der Waals surface area contributed by atoms with Crippen LogP contribution in [0, 0.1) is 0 Å². The van der Waals surface area contributed by atoms with Crippen LogP contribution in [0.5, 0.6) is 23.0 Å². The lowest BCUT2D eigenvalue weighted by Gasteiger charge is -2.35. The molecule has 8 heteroatoms. The first-order valence-corrected chi connectivity index (χ1v) is 11.8. The van der Waals surface area contributed by atoms with Crippen molar-refractivity contribution in [1.82, 2.24) is 4.31 Å². The Morgan fingerprint density at radius 3 is 1.88 bits per heavy atom. The van der Waals surface area contributed by atoms with E-state index >= 15 is 0 Å². The molecule has 0 N–H and O–H groups in total. The van der Waals surface area contributed by atoms with Gasteiger partial charge in [0.2, 0.25) is 10.0 Å². The number of nitrogens with zero attached hydrogens (tertiary/aromatic N) is 2. The van der Waals surface area contributed by atoms with Crippen LogP contribution in [0.25, 0.3) is 0 Å². The van der Waals surface area contributed by atoms with Crippen molar-refractivity contribution in [3.63, 3.8) is 0 Å². The molecule has 0 saturated carbocycles. The van der Waals surface area contributed by atoms with E-state index in [-0.39, 0.29) is 4.90 Å². The van der Waals surface area contributed by atoms with Gasteiger partial charge < -0.3 is 19.1 Å². The summed E-state index contributed by atoms with van der Waals surface area (Å²) < 4.78 is 44.4. The van der Waals surface area contributed by atoms with E-state index in [0.717, 1.165) is 11.4 Å². The number of piperazine rings is 1. The summed E-state index contributed by atoms with van der Waals surface area (Å²) in [5.74, 6) is 2.50. The number of hydrogen-bond donors (Lipinski definition) is 0. The summed E-state index contributed by atoms with van der Waals surface area (Å²) in [6, 6.07) is 21.5. The Bertz CT molecular complexity index is 1160. The lowest BCUT2D eigenvalue weighted by Crippen LogP contribution is -2.48. The molecule has 0 atom stereocenters. The molecule has 4 rings (SSSR count). The minimum absolute atomic E-state index is 0.246. The summed E-state index contributed by atoms with van der Waals surface area (Å²) in [4.78, 5) is 2.39. The van der Waals surface area contributed by atoms with E-state index in [4.69, 9.17) is 14.2 Å². The second kappa shape index (κ2) is 9.50. The van der Waals surface area contributed by atoms with Gasteiger partial charge in [-0.15, -0.1) is 0 Å². The molecule has 3 aromatic rings. The highest BCUT2D eigenvalue weighted by Crippen LogP contribution is 2.32. The lowest BCUT2D eigenvalue weighted by atomic mass is 10.2. The minimum Gasteiger partial charge on any atom is -0.495 e. The smallest absolute Gasteiger partial charge is 0.243 e. The number of ether oxygens (including phenoxy) is 3. The highest BCUT2D eigenvalue weighted by Gasteiger charge is 2.29. The van der Waals surface area contributed by atoms with Gasteiger partial charge in [-0.1, -0.05) is 24.3 Å². The summed E-state index contributed by atoms with van der Waals surface area (Å²) in [7, 11) is -0.376. The van der Waals surface area contributed by atoms with Gasteiger partial charge >= 0.3 is 0 Å². The van der Waals surface area contributed by atoms with Crippen LogP contribution in [0.4, 0.5) is 5.69 Å². The monoisotopic (exact) mass is 454 g/mol. The molecule has 168 valence electrons. The van der Waals surface area contributed by atoms with Gasteiger partial charge in [-0.2, -0.15) is 4.31 Å². The molecule has 1 aliphatic heterocycles. The normalized spacial score (nSPS) is 14.8. The van der Waals surface area contributed by atoms with Crippen molar-refractivity contribution in [2.45, 2.75) is 4.90 Å². The Morgan fingerprint density at radius 1 is 0.688 bits per heavy atom. The van der Waals surface area contributed by atoms with Crippen LogP contribution in [0.15, 0.2) is 77.7 Å². The molecule has 1 saturated heterocycles. The van der Waals surface area contributed by atoms with E-state index in [2.05, 4.69) is 4.90 Å². The molecule has 0 aliphatic carbocycles. The SMILES string of the molecule is COc1ccccc1Oc1ccc(S(=O)(=O)N2CCN(c3ccccc3OC)CC2)cc1. The van der Waals surface area contributed by atoms with Crippen molar-refractivity contribution in [3.05, 3.63) is 72.8 Å². The van der Waals surface area contributed by atoms with E-state index in [1.807, 2.05) is 36.4 Å². The van der Waals surface area contributed by atoms with Gasteiger partial charge in [-0.3, -0.25) is 0 Å². The van der Waals surface area contributed by atoms with Crippen molar-refractivity contribution in [3.8, 4) is 23.0 Å². The molecule has 0 spiro atoms. The maximum Gasteiger partial charge on any atom is 0.243 e. The van der Waals surface area contributed by atoms with Crippen molar-refractivity contribution >= 4 is 15.7 Å². The molecule has 0 bridgehead atoms. The van der Waals surface area contributed by atoms with Crippen molar-refractivity contribution in [2.75, 3.05) is 45.3 Å². The summed E-state index contributed by atoms with van der Waals surface area (Å²) in [6.07, 6.45) is 0. The van der Waals surface area contributed by atoms with Gasteiger partial charge in [0.05, 0.1) is 24.8 Å². The quantitative estimate of drug-likeness (QED) is 0.537. The largest absolute Gasteiger partial charge is 0.495 e. The molecule has 0 amide bonds. The standard InChI is InChI=1S/C24H26N2O5S/c1-29-22-8-4-3-7-21(22)25-15-17-26(18-16-25)32(27,28)20-13-11-19(12-14-20)31-24-10-6-5-9-23(24)30-2/h3-14H,15-18H2,1-2H3. The van der Waals surface area contributed by atoms with E-state index in [1.54, 1.807) is 50.6 Å². The maximum atomic E-state index is 13.1. The van der Waals surface area contributed by atoms with Crippen LogP contribution < -0.4 is 19.1 Å². The average Bonchev–Trinajstić information content (AvgIpc) is 2.85. The number of sulfonamides is 1. The molecule has 0 aromatic heterocycles. The second-order valence-corrected chi connectivity index (χ2v) is 9.23. The van der Waals surface area contributed by atoms with Crippen LogP contribution in [0.3, 0.4) is 0 Å². The highest BCUT2D eigenvalue weighted by molar-refractivity contribution is 7.89. The summed E-state index contributed by atoms with van der Waals surface area (Å²) in [5, 5.41) is 0. The van der Waals surface area contributed by atoms with Gasteiger partial charge in [0.1, 0.15) is 11.5 Å². The zero-order valence-corrected chi connectivity index (χ0v) is 18.9. The molecule has 3 aromatic carbocycles. The van der Waals surface area contributed by atoms with Gasteiger partial charge in [0.15, 0.2) is 11.5 Å². The van der Waals surface area contributed by atoms with E-state index in [1.165, 1.54) is 4.31 Å². The zero-order valence-electron chi connectivity index (χ0n) is 18.1. The first-order valence-electron chi connectivity index (χ1n) is 10.3. The predicted molar refractivity (Wildman–Crippen MR) is 123 cm³/mol. The molecule has 1 aliphatic rings.